The molecule has 0 amide bonds. The van der Waals surface area contributed by atoms with Gasteiger partial charge in [-0.3, -0.25) is 0 Å². The van der Waals surface area contributed by atoms with Crippen LogP contribution in [0.1, 0.15) is 30.9 Å². The van der Waals surface area contributed by atoms with Gasteiger partial charge >= 0.3 is 0 Å². The fourth-order valence-corrected chi connectivity index (χ4v) is 2.07. The number of aryl methyl sites for hydroxylation is 1. The molecule has 0 fully saturated rings. The van der Waals surface area contributed by atoms with Crippen LogP contribution in [0, 0.1) is 0 Å². The molecular weight excluding hydrogens is 186 g/mol. The monoisotopic (exact) mass is 205 g/mol. The van der Waals surface area contributed by atoms with E-state index < -0.39 is 0 Å². The van der Waals surface area contributed by atoms with E-state index in [-0.39, 0.29) is 6.04 Å². The van der Waals surface area contributed by atoms with Crippen molar-refractivity contribution in [3.05, 3.63) is 29.3 Å². The second-order valence-electron chi connectivity index (χ2n) is 4.43. The fourth-order valence-electron chi connectivity index (χ4n) is 2.07. The first-order valence-corrected chi connectivity index (χ1v) is 5.76. The van der Waals surface area contributed by atoms with Gasteiger partial charge in [-0.25, -0.2) is 0 Å². The highest BCUT2D eigenvalue weighted by molar-refractivity contribution is 5.38. The fraction of sp³-hybridized carbons (Fsp3) is 0.538. The van der Waals surface area contributed by atoms with Crippen molar-refractivity contribution in [2.45, 2.75) is 38.6 Å². The third-order valence-corrected chi connectivity index (χ3v) is 2.78. The van der Waals surface area contributed by atoms with E-state index in [1.807, 2.05) is 6.92 Å². The van der Waals surface area contributed by atoms with Crippen molar-refractivity contribution < 1.29 is 4.74 Å². The summed E-state index contributed by atoms with van der Waals surface area (Å²) in [5.41, 5.74) is 8.48. The molecule has 1 atom stereocenters. The zero-order valence-corrected chi connectivity index (χ0v) is 9.33. The van der Waals surface area contributed by atoms with E-state index in [2.05, 4.69) is 18.2 Å². The maximum absolute atomic E-state index is 5.80. The Labute approximate surface area is 91.4 Å². The van der Waals surface area contributed by atoms with E-state index in [9.17, 15) is 0 Å². The molecule has 0 aliphatic carbocycles. The zero-order chi connectivity index (χ0) is 10.7. The first-order chi connectivity index (χ1) is 7.25. The van der Waals surface area contributed by atoms with Crippen LogP contribution in [-0.2, 0) is 12.8 Å². The van der Waals surface area contributed by atoms with Crippen molar-refractivity contribution in [3.8, 4) is 5.75 Å². The number of hydrogen-bond acceptors (Lipinski definition) is 2. The van der Waals surface area contributed by atoms with Gasteiger partial charge in [0.15, 0.2) is 0 Å². The van der Waals surface area contributed by atoms with Gasteiger partial charge < -0.3 is 10.5 Å². The molecule has 2 rings (SSSR count). The largest absolute Gasteiger partial charge is 0.493 e. The van der Waals surface area contributed by atoms with E-state index in [4.69, 9.17) is 10.5 Å². The molecule has 1 unspecified atom stereocenters. The average Bonchev–Trinajstić information content (AvgIpc) is 2.41. The molecule has 0 bridgehead atoms. The SMILES string of the molecule is CC(N)Cc1ccc2c(c1)CCCCO2. The van der Waals surface area contributed by atoms with Crippen LogP contribution in [0.5, 0.6) is 5.75 Å². The molecule has 2 nitrogen and oxygen atoms in total. The van der Waals surface area contributed by atoms with Crippen molar-refractivity contribution in [2.24, 2.45) is 5.73 Å². The summed E-state index contributed by atoms with van der Waals surface area (Å²) in [6, 6.07) is 6.71. The zero-order valence-electron chi connectivity index (χ0n) is 9.33. The van der Waals surface area contributed by atoms with Crippen molar-refractivity contribution in [2.75, 3.05) is 6.61 Å². The smallest absolute Gasteiger partial charge is 0.122 e. The number of ether oxygens (including phenoxy) is 1. The van der Waals surface area contributed by atoms with Gasteiger partial charge in [0, 0.05) is 6.04 Å². The first kappa shape index (κ1) is 10.5. The summed E-state index contributed by atoms with van der Waals surface area (Å²) in [4.78, 5) is 0. The minimum absolute atomic E-state index is 0.231. The van der Waals surface area contributed by atoms with Crippen molar-refractivity contribution in [1.82, 2.24) is 0 Å². The van der Waals surface area contributed by atoms with Gasteiger partial charge in [-0.1, -0.05) is 12.1 Å². The Hall–Kier alpha value is -1.02. The molecular formula is C13H19NO. The normalized spacial score (nSPS) is 17.5. The number of rotatable bonds is 2. The highest BCUT2D eigenvalue weighted by atomic mass is 16.5. The van der Waals surface area contributed by atoms with Crippen LogP contribution in [0.3, 0.4) is 0 Å². The third-order valence-electron chi connectivity index (χ3n) is 2.78. The van der Waals surface area contributed by atoms with Gasteiger partial charge in [-0.15, -0.1) is 0 Å². The summed E-state index contributed by atoms with van der Waals surface area (Å²) in [5, 5.41) is 0. The number of hydrogen-bond donors (Lipinski definition) is 1. The molecule has 15 heavy (non-hydrogen) atoms. The van der Waals surface area contributed by atoms with E-state index in [0.29, 0.717) is 0 Å². The lowest BCUT2D eigenvalue weighted by atomic mass is 10.0. The summed E-state index contributed by atoms with van der Waals surface area (Å²) in [6.07, 6.45) is 4.49. The van der Waals surface area contributed by atoms with Gasteiger partial charge in [-0.05, 0) is 49.8 Å². The van der Waals surface area contributed by atoms with Crippen molar-refractivity contribution in [3.63, 3.8) is 0 Å². The highest BCUT2D eigenvalue weighted by Gasteiger charge is 2.09. The Morgan fingerprint density at radius 3 is 3.07 bits per heavy atom. The van der Waals surface area contributed by atoms with Crippen LogP contribution in [0.25, 0.3) is 0 Å². The second-order valence-corrected chi connectivity index (χ2v) is 4.43. The predicted molar refractivity (Wildman–Crippen MR) is 62.2 cm³/mol. The Kier molecular flexibility index (Phi) is 3.27. The molecule has 0 aromatic heterocycles. The summed E-state index contributed by atoms with van der Waals surface area (Å²) in [7, 11) is 0. The van der Waals surface area contributed by atoms with E-state index in [1.54, 1.807) is 0 Å². The number of nitrogens with two attached hydrogens (primary N) is 1. The Balaban J connectivity index is 2.20. The molecule has 1 aromatic rings. The molecule has 0 radical (unpaired) electrons. The lowest BCUT2D eigenvalue weighted by molar-refractivity contribution is 0.317. The summed E-state index contributed by atoms with van der Waals surface area (Å²) >= 11 is 0. The summed E-state index contributed by atoms with van der Waals surface area (Å²) in [6.45, 7) is 2.90. The average molecular weight is 205 g/mol. The van der Waals surface area contributed by atoms with Crippen LogP contribution in [0.4, 0.5) is 0 Å². The molecule has 0 spiro atoms. The summed E-state index contributed by atoms with van der Waals surface area (Å²) in [5.74, 6) is 1.07. The van der Waals surface area contributed by atoms with Crippen LogP contribution in [0.2, 0.25) is 0 Å². The molecule has 2 heteroatoms. The Morgan fingerprint density at radius 1 is 1.40 bits per heavy atom. The molecule has 1 aromatic carbocycles. The molecule has 1 aliphatic heterocycles. The lowest BCUT2D eigenvalue weighted by Crippen LogP contribution is -2.17. The molecule has 82 valence electrons. The van der Waals surface area contributed by atoms with Crippen LogP contribution in [0.15, 0.2) is 18.2 Å². The molecule has 0 saturated heterocycles. The maximum Gasteiger partial charge on any atom is 0.122 e. The molecule has 2 N–H and O–H groups in total. The summed E-state index contributed by atoms with van der Waals surface area (Å²) < 4.78 is 5.68. The molecule has 1 aliphatic rings. The van der Waals surface area contributed by atoms with E-state index in [1.165, 1.54) is 17.5 Å². The quantitative estimate of drug-likeness (QED) is 0.804. The van der Waals surface area contributed by atoms with Crippen molar-refractivity contribution >= 4 is 0 Å². The predicted octanol–water partition coefficient (Wildman–Crippen LogP) is 2.29. The third kappa shape index (κ3) is 2.72. The Morgan fingerprint density at radius 2 is 2.27 bits per heavy atom. The lowest BCUT2D eigenvalue weighted by Gasteiger charge is -2.10. The molecule has 1 heterocycles. The van der Waals surface area contributed by atoms with E-state index in [0.717, 1.165) is 31.6 Å². The standard InChI is InChI=1S/C13H19NO/c1-10(14)8-11-5-6-13-12(9-11)4-2-3-7-15-13/h5-6,9-10H,2-4,7-8,14H2,1H3. The molecule has 0 saturated carbocycles. The van der Waals surface area contributed by atoms with Crippen LogP contribution in [-0.4, -0.2) is 12.6 Å². The maximum atomic E-state index is 5.80. The second kappa shape index (κ2) is 4.67. The van der Waals surface area contributed by atoms with Gasteiger partial charge in [0.1, 0.15) is 5.75 Å². The van der Waals surface area contributed by atoms with E-state index >= 15 is 0 Å². The van der Waals surface area contributed by atoms with Crippen LogP contribution >= 0.6 is 0 Å². The topological polar surface area (TPSA) is 35.2 Å². The van der Waals surface area contributed by atoms with Gasteiger partial charge in [0.25, 0.3) is 0 Å². The minimum Gasteiger partial charge on any atom is -0.493 e. The Bertz CT molecular complexity index is 333. The number of fused-ring (bicyclic) bond motifs is 1. The van der Waals surface area contributed by atoms with Gasteiger partial charge in [-0.2, -0.15) is 0 Å². The minimum atomic E-state index is 0.231. The number of benzene rings is 1. The van der Waals surface area contributed by atoms with Gasteiger partial charge in [0.05, 0.1) is 6.61 Å². The highest BCUT2D eigenvalue weighted by Crippen LogP contribution is 2.25. The van der Waals surface area contributed by atoms with Gasteiger partial charge in [0.2, 0.25) is 0 Å². The van der Waals surface area contributed by atoms with Crippen LogP contribution < -0.4 is 10.5 Å². The first-order valence-electron chi connectivity index (χ1n) is 5.76. The van der Waals surface area contributed by atoms with Crippen molar-refractivity contribution in [1.29, 1.82) is 0 Å².